The molecule has 0 bridgehead atoms. The number of hydrogen-bond acceptors (Lipinski definition) is 4. The number of nitrogens with zero attached hydrogens (tertiary/aromatic N) is 3. The van der Waals surface area contributed by atoms with Gasteiger partial charge in [0.25, 0.3) is 5.91 Å². The van der Waals surface area contributed by atoms with Crippen molar-refractivity contribution in [3.63, 3.8) is 0 Å². The molecule has 6 nitrogen and oxygen atoms in total. The lowest BCUT2D eigenvalue weighted by atomic mass is 10.2. The lowest BCUT2D eigenvalue weighted by Crippen LogP contribution is -2.35. The summed E-state index contributed by atoms with van der Waals surface area (Å²) in [6, 6.07) is 9.51. The number of benzene rings is 1. The number of halogens is 1. The maximum atomic E-state index is 12.2. The summed E-state index contributed by atoms with van der Waals surface area (Å²) in [6.07, 6.45) is 7.14. The molecule has 0 saturated carbocycles. The Hall–Kier alpha value is -2.60. The van der Waals surface area contributed by atoms with Crippen molar-refractivity contribution >= 4 is 29.6 Å². The normalized spacial score (nSPS) is 14.9. The molecular weight excluding hydrogens is 378 g/mol. The highest BCUT2D eigenvalue weighted by Gasteiger charge is 2.17. The van der Waals surface area contributed by atoms with Gasteiger partial charge in [0.1, 0.15) is 5.15 Å². The molecule has 1 aliphatic heterocycles. The fourth-order valence-corrected chi connectivity index (χ4v) is 3.52. The second kappa shape index (κ2) is 9.55. The first-order valence-corrected chi connectivity index (χ1v) is 9.87. The van der Waals surface area contributed by atoms with E-state index < -0.39 is 5.97 Å². The van der Waals surface area contributed by atoms with Crippen LogP contribution in [0, 0.1) is 6.92 Å². The summed E-state index contributed by atoms with van der Waals surface area (Å²) < 4.78 is 6.72. The number of carbonyl (C=O) groups excluding carboxylic acids is 2. The van der Waals surface area contributed by atoms with Crippen molar-refractivity contribution in [1.29, 1.82) is 0 Å². The first kappa shape index (κ1) is 20.1. The van der Waals surface area contributed by atoms with Crippen molar-refractivity contribution in [2.45, 2.75) is 32.6 Å². The van der Waals surface area contributed by atoms with Gasteiger partial charge in [-0.15, -0.1) is 0 Å². The molecule has 28 heavy (non-hydrogen) atoms. The molecule has 1 saturated heterocycles. The van der Waals surface area contributed by atoms with Gasteiger partial charge >= 0.3 is 5.97 Å². The van der Waals surface area contributed by atoms with Gasteiger partial charge in [0.2, 0.25) is 0 Å². The van der Waals surface area contributed by atoms with Crippen LogP contribution < -0.4 is 0 Å². The van der Waals surface area contributed by atoms with Crippen LogP contribution in [0.3, 0.4) is 0 Å². The number of rotatable bonds is 5. The molecule has 1 aromatic carbocycles. The number of ether oxygens (including phenoxy) is 1. The third-order valence-electron chi connectivity index (χ3n) is 4.73. The zero-order chi connectivity index (χ0) is 19.9. The molecule has 1 aliphatic rings. The number of esters is 1. The van der Waals surface area contributed by atoms with E-state index in [-0.39, 0.29) is 12.5 Å². The van der Waals surface area contributed by atoms with Crippen LogP contribution in [0.2, 0.25) is 5.15 Å². The van der Waals surface area contributed by atoms with Gasteiger partial charge in [-0.25, -0.2) is 9.48 Å². The van der Waals surface area contributed by atoms with E-state index in [1.807, 2.05) is 37.3 Å². The summed E-state index contributed by atoms with van der Waals surface area (Å²) in [5.41, 5.74) is 2.17. The Bertz CT molecular complexity index is 853. The number of aromatic nitrogens is 2. The molecule has 0 N–H and O–H groups in total. The van der Waals surface area contributed by atoms with Crippen LogP contribution >= 0.6 is 11.6 Å². The first-order valence-electron chi connectivity index (χ1n) is 9.49. The predicted molar refractivity (Wildman–Crippen MR) is 108 cm³/mol. The molecule has 0 spiro atoms. The van der Waals surface area contributed by atoms with Crippen LogP contribution in [0.5, 0.6) is 0 Å². The van der Waals surface area contributed by atoms with Crippen molar-refractivity contribution < 1.29 is 14.3 Å². The molecule has 2 heterocycles. The number of hydrogen-bond donors (Lipinski definition) is 0. The van der Waals surface area contributed by atoms with Gasteiger partial charge in [-0.1, -0.05) is 42.6 Å². The Labute approximate surface area is 169 Å². The Morgan fingerprint density at radius 3 is 2.50 bits per heavy atom. The zero-order valence-corrected chi connectivity index (χ0v) is 16.7. The lowest BCUT2D eigenvalue weighted by Gasteiger charge is -2.19. The Morgan fingerprint density at radius 2 is 1.82 bits per heavy atom. The van der Waals surface area contributed by atoms with Crippen LogP contribution in [0.1, 0.15) is 36.9 Å². The number of carbonyl (C=O) groups is 2. The van der Waals surface area contributed by atoms with Gasteiger partial charge in [0.05, 0.1) is 11.4 Å². The Kier molecular flexibility index (Phi) is 6.87. The van der Waals surface area contributed by atoms with E-state index in [0.717, 1.165) is 44.5 Å². The molecule has 1 amide bonds. The third kappa shape index (κ3) is 5.01. The lowest BCUT2D eigenvalue weighted by molar-refractivity contribution is -0.148. The van der Waals surface area contributed by atoms with Crippen LogP contribution in [0.15, 0.2) is 36.4 Å². The SMILES string of the molecule is Cc1nn(-c2ccccc2)c(Cl)c1/C=C/C(=O)OCC(=O)N1CCCCCC1. The first-order chi connectivity index (χ1) is 13.6. The summed E-state index contributed by atoms with van der Waals surface area (Å²) >= 11 is 6.43. The Balaban J connectivity index is 1.60. The van der Waals surface area contributed by atoms with E-state index in [2.05, 4.69) is 5.10 Å². The summed E-state index contributed by atoms with van der Waals surface area (Å²) in [5.74, 6) is -0.721. The second-order valence-electron chi connectivity index (χ2n) is 6.77. The van der Waals surface area contributed by atoms with E-state index in [1.165, 1.54) is 6.08 Å². The maximum absolute atomic E-state index is 12.2. The van der Waals surface area contributed by atoms with E-state index >= 15 is 0 Å². The smallest absolute Gasteiger partial charge is 0.331 e. The van der Waals surface area contributed by atoms with Crippen LogP contribution in [-0.2, 0) is 14.3 Å². The largest absolute Gasteiger partial charge is 0.452 e. The van der Waals surface area contributed by atoms with Gasteiger partial charge in [-0.3, -0.25) is 4.79 Å². The van der Waals surface area contributed by atoms with Crippen molar-refractivity contribution in [2.24, 2.45) is 0 Å². The molecule has 148 valence electrons. The van der Waals surface area contributed by atoms with E-state index in [9.17, 15) is 9.59 Å². The summed E-state index contributed by atoms with van der Waals surface area (Å²) in [7, 11) is 0. The maximum Gasteiger partial charge on any atom is 0.331 e. The molecule has 1 fully saturated rings. The highest BCUT2D eigenvalue weighted by molar-refractivity contribution is 6.31. The van der Waals surface area contributed by atoms with Crippen molar-refractivity contribution in [1.82, 2.24) is 14.7 Å². The standard InChI is InChI=1S/C21H24ClN3O3/c1-16-18(21(22)25(23-16)17-9-5-4-6-10-17)11-12-20(27)28-15-19(26)24-13-7-2-3-8-14-24/h4-6,9-12H,2-3,7-8,13-15H2,1H3/b12-11+. The molecule has 2 aromatic rings. The van der Waals surface area contributed by atoms with Crippen molar-refractivity contribution in [2.75, 3.05) is 19.7 Å². The number of likely N-dealkylation sites (tertiary alicyclic amines) is 1. The summed E-state index contributed by atoms with van der Waals surface area (Å²) in [6.45, 7) is 3.05. The van der Waals surface area contributed by atoms with E-state index in [4.69, 9.17) is 16.3 Å². The number of para-hydroxylation sites is 1. The second-order valence-corrected chi connectivity index (χ2v) is 7.13. The van der Waals surface area contributed by atoms with E-state index in [1.54, 1.807) is 15.7 Å². The fraction of sp³-hybridized carbons (Fsp3) is 0.381. The van der Waals surface area contributed by atoms with Crippen molar-refractivity contribution in [3.8, 4) is 5.69 Å². The summed E-state index contributed by atoms with van der Waals surface area (Å²) in [4.78, 5) is 26.0. The molecule has 7 heteroatoms. The monoisotopic (exact) mass is 401 g/mol. The predicted octanol–water partition coefficient (Wildman–Crippen LogP) is 3.79. The molecular formula is C21H24ClN3O3. The van der Waals surface area contributed by atoms with Crippen LogP contribution in [0.25, 0.3) is 11.8 Å². The number of amides is 1. The van der Waals surface area contributed by atoms with Crippen molar-refractivity contribution in [3.05, 3.63) is 52.8 Å². The van der Waals surface area contributed by atoms with Gasteiger partial charge in [0, 0.05) is 24.7 Å². The minimum Gasteiger partial charge on any atom is -0.452 e. The van der Waals surface area contributed by atoms with Crippen LogP contribution in [0.4, 0.5) is 0 Å². The van der Waals surface area contributed by atoms with Gasteiger partial charge in [-0.05, 0) is 38.0 Å². The number of aryl methyl sites for hydroxylation is 1. The van der Waals surface area contributed by atoms with Crippen LogP contribution in [-0.4, -0.2) is 46.3 Å². The molecule has 0 aliphatic carbocycles. The minimum absolute atomic E-state index is 0.144. The van der Waals surface area contributed by atoms with Gasteiger partial charge in [0.15, 0.2) is 6.61 Å². The molecule has 1 aromatic heterocycles. The molecule has 0 radical (unpaired) electrons. The average molecular weight is 402 g/mol. The minimum atomic E-state index is -0.578. The highest BCUT2D eigenvalue weighted by Crippen LogP contribution is 2.24. The fourth-order valence-electron chi connectivity index (χ4n) is 3.18. The van der Waals surface area contributed by atoms with E-state index in [0.29, 0.717) is 16.4 Å². The topological polar surface area (TPSA) is 64.4 Å². The zero-order valence-electron chi connectivity index (χ0n) is 15.9. The van der Waals surface area contributed by atoms with Gasteiger partial charge in [-0.2, -0.15) is 5.10 Å². The molecule has 0 unspecified atom stereocenters. The highest BCUT2D eigenvalue weighted by atomic mass is 35.5. The average Bonchev–Trinajstić information content (AvgIpc) is 2.89. The Morgan fingerprint density at radius 1 is 1.14 bits per heavy atom. The van der Waals surface area contributed by atoms with Gasteiger partial charge < -0.3 is 9.64 Å². The summed E-state index contributed by atoms with van der Waals surface area (Å²) in [5, 5.41) is 4.83. The quantitative estimate of drug-likeness (QED) is 0.564. The molecule has 0 atom stereocenters. The third-order valence-corrected chi connectivity index (χ3v) is 5.10. The molecule has 3 rings (SSSR count).